The smallest absolute Gasteiger partial charge is 0.252 e. The number of benzene rings is 1. The molecule has 18 heavy (non-hydrogen) atoms. The summed E-state index contributed by atoms with van der Waals surface area (Å²) in [6, 6.07) is 4.65. The van der Waals surface area contributed by atoms with Gasteiger partial charge in [-0.05, 0) is 19.1 Å². The first-order chi connectivity index (χ1) is 8.43. The van der Waals surface area contributed by atoms with Crippen LogP contribution in [-0.4, -0.2) is 20.1 Å². The minimum absolute atomic E-state index is 0.0181. The zero-order valence-electron chi connectivity index (χ0n) is 9.64. The Morgan fingerprint density at radius 2 is 2.17 bits per heavy atom. The molecule has 0 unspecified atom stereocenters. The zero-order valence-corrected chi connectivity index (χ0v) is 10.5. The number of rotatable bonds is 4. The van der Waals surface area contributed by atoms with Crippen molar-refractivity contribution in [2.45, 2.75) is 6.92 Å². The van der Waals surface area contributed by atoms with Gasteiger partial charge in [-0.3, -0.25) is 9.52 Å². The van der Waals surface area contributed by atoms with Gasteiger partial charge < -0.3 is 10.2 Å². The first kappa shape index (κ1) is 12.4. The molecule has 0 saturated carbocycles. The molecule has 0 spiro atoms. The third-order valence-electron chi connectivity index (χ3n) is 2.49. The molecule has 0 bridgehead atoms. The Bertz CT molecular complexity index is 703. The summed E-state index contributed by atoms with van der Waals surface area (Å²) >= 11 is 0. The highest BCUT2D eigenvalue weighted by molar-refractivity contribution is 7.92. The van der Waals surface area contributed by atoms with Gasteiger partial charge in [0.1, 0.15) is 11.8 Å². The number of sulfonamides is 1. The summed E-state index contributed by atoms with van der Waals surface area (Å²) in [5.41, 5.74) is 6.24. The molecular formula is C11H12N2O4S. The van der Waals surface area contributed by atoms with Crippen molar-refractivity contribution in [3.63, 3.8) is 0 Å². The number of hydrogen-bond acceptors (Lipinski definition) is 4. The molecule has 1 amide bonds. The van der Waals surface area contributed by atoms with E-state index in [0.29, 0.717) is 16.7 Å². The number of carbonyl (C=O) groups is 1. The molecule has 0 fully saturated rings. The summed E-state index contributed by atoms with van der Waals surface area (Å²) < 4.78 is 30.4. The van der Waals surface area contributed by atoms with Crippen molar-refractivity contribution in [2.24, 2.45) is 5.73 Å². The standard InChI is InChI=1S/C11H12N2O4S/c1-2-18(15,16)13-7-3-4-8-9(11(12)14)6-17-10(8)5-7/h3-6,13H,2H2,1H3,(H2,12,14). The molecule has 7 heteroatoms. The van der Waals surface area contributed by atoms with E-state index in [1.165, 1.54) is 12.3 Å². The Morgan fingerprint density at radius 1 is 1.44 bits per heavy atom. The molecule has 1 aromatic heterocycles. The van der Waals surface area contributed by atoms with Crippen molar-refractivity contribution in [3.8, 4) is 0 Å². The Balaban J connectivity index is 2.44. The zero-order chi connectivity index (χ0) is 13.3. The molecule has 0 aliphatic carbocycles. The second kappa shape index (κ2) is 4.34. The van der Waals surface area contributed by atoms with Crippen molar-refractivity contribution >= 4 is 32.6 Å². The molecule has 3 N–H and O–H groups in total. The summed E-state index contributed by atoms with van der Waals surface area (Å²) in [5.74, 6) is -0.605. The highest BCUT2D eigenvalue weighted by Gasteiger charge is 2.12. The number of hydrogen-bond donors (Lipinski definition) is 2. The van der Waals surface area contributed by atoms with Crippen LogP contribution in [0.2, 0.25) is 0 Å². The molecule has 0 radical (unpaired) electrons. The first-order valence-electron chi connectivity index (χ1n) is 5.24. The van der Waals surface area contributed by atoms with Gasteiger partial charge in [-0.1, -0.05) is 0 Å². The topological polar surface area (TPSA) is 102 Å². The van der Waals surface area contributed by atoms with E-state index in [4.69, 9.17) is 10.2 Å². The van der Waals surface area contributed by atoms with E-state index >= 15 is 0 Å². The van der Waals surface area contributed by atoms with Crippen LogP contribution in [0.25, 0.3) is 11.0 Å². The average Bonchev–Trinajstić information content (AvgIpc) is 2.71. The first-order valence-corrected chi connectivity index (χ1v) is 6.89. The maximum Gasteiger partial charge on any atom is 0.252 e. The number of nitrogens with one attached hydrogen (secondary N) is 1. The van der Waals surface area contributed by atoms with Gasteiger partial charge in [0.2, 0.25) is 10.0 Å². The largest absolute Gasteiger partial charge is 0.463 e. The Labute approximate surface area is 104 Å². The van der Waals surface area contributed by atoms with Gasteiger partial charge in [-0.25, -0.2) is 8.42 Å². The number of primary amides is 1. The lowest BCUT2D eigenvalue weighted by Gasteiger charge is -2.05. The summed E-state index contributed by atoms with van der Waals surface area (Å²) in [4.78, 5) is 11.1. The maximum atomic E-state index is 11.4. The van der Waals surface area contributed by atoms with Crippen LogP contribution in [0.3, 0.4) is 0 Å². The second-order valence-corrected chi connectivity index (χ2v) is 5.74. The molecule has 2 rings (SSSR count). The minimum atomic E-state index is -3.33. The number of fused-ring (bicyclic) bond motifs is 1. The predicted octanol–water partition coefficient (Wildman–Crippen LogP) is 1.29. The van der Waals surface area contributed by atoms with Crippen molar-refractivity contribution in [3.05, 3.63) is 30.0 Å². The Hall–Kier alpha value is -2.02. The van der Waals surface area contributed by atoms with Gasteiger partial charge in [-0.15, -0.1) is 0 Å². The van der Waals surface area contributed by atoms with Crippen LogP contribution in [0, 0.1) is 0 Å². The highest BCUT2D eigenvalue weighted by atomic mass is 32.2. The van der Waals surface area contributed by atoms with E-state index in [-0.39, 0.29) is 11.3 Å². The van der Waals surface area contributed by atoms with Crippen molar-refractivity contribution in [1.29, 1.82) is 0 Å². The third kappa shape index (κ3) is 2.30. The summed E-state index contributed by atoms with van der Waals surface area (Å²) in [6.07, 6.45) is 1.26. The number of anilines is 1. The molecule has 0 aliphatic rings. The SMILES string of the molecule is CCS(=O)(=O)Nc1ccc2c(C(N)=O)coc2c1. The van der Waals surface area contributed by atoms with Crippen molar-refractivity contribution in [2.75, 3.05) is 10.5 Å². The predicted molar refractivity (Wildman–Crippen MR) is 67.8 cm³/mol. The van der Waals surface area contributed by atoms with Crippen LogP contribution in [0.4, 0.5) is 5.69 Å². The molecule has 6 nitrogen and oxygen atoms in total. The minimum Gasteiger partial charge on any atom is -0.463 e. The Morgan fingerprint density at radius 3 is 2.78 bits per heavy atom. The Kier molecular flexibility index (Phi) is 3.00. The van der Waals surface area contributed by atoms with Gasteiger partial charge in [0, 0.05) is 11.5 Å². The number of carbonyl (C=O) groups excluding carboxylic acids is 1. The van der Waals surface area contributed by atoms with Crippen LogP contribution < -0.4 is 10.5 Å². The molecular weight excluding hydrogens is 256 g/mol. The van der Waals surface area contributed by atoms with Gasteiger partial charge in [-0.2, -0.15) is 0 Å². The van der Waals surface area contributed by atoms with Crippen LogP contribution in [0.15, 0.2) is 28.9 Å². The van der Waals surface area contributed by atoms with Crippen LogP contribution in [0.1, 0.15) is 17.3 Å². The highest BCUT2D eigenvalue weighted by Crippen LogP contribution is 2.24. The summed E-state index contributed by atoms with van der Waals surface area (Å²) in [7, 11) is -3.33. The van der Waals surface area contributed by atoms with E-state index in [1.807, 2.05) is 0 Å². The van der Waals surface area contributed by atoms with Crippen LogP contribution in [0.5, 0.6) is 0 Å². The van der Waals surface area contributed by atoms with Crippen LogP contribution in [-0.2, 0) is 10.0 Å². The molecule has 0 atom stereocenters. The van der Waals surface area contributed by atoms with E-state index in [0.717, 1.165) is 0 Å². The number of furan rings is 1. The summed E-state index contributed by atoms with van der Waals surface area (Å²) in [6.45, 7) is 1.54. The van der Waals surface area contributed by atoms with E-state index in [1.54, 1.807) is 19.1 Å². The maximum absolute atomic E-state index is 11.4. The molecule has 0 saturated heterocycles. The lowest BCUT2D eigenvalue weighted by Crippen LogP contribution is -2.14. The lowest BCUT2D eigenvalue weighted by atomic mass is 10.1. The quantitative estimate of drug-likeness (QED) is 0.872. The molecule has 0 aliphatic heterocycles. The van der Waals surface area contributed by atoms with Gasteiger partial charge >= 0.3 is 0 Å². The molecule has 1 heterocycles. The van der Waals surface area contributed by atoms with Crippen molar-refractivity contribution in [1.82, 2.24) is 0 Å². The average molecular weight is 268 g/mol. The fourth-order valence-electron chi connectivity index (χ4n) is 1.53. The number of amides is 1. The number of nitrogens with two attached hydrogens (primary N) is 1. The van der Waals surface area contributed by atoms with Gasteiger partial charge in [0.15, 0.2) is 0 Å². The van der Waals surface area contributed by atoms with Gasteiger partial charge in [0.05, 0.1) is 17.0 Å². The fraction of sp³-hybridized carbons (Fsp3) is 0.182. The molecule has 1 aromatic carbocycles. The van der Waals surface area contributed by atoms with E-state index in [9.17, 15) is 13.2 Å². The lowest BCUT2D eigenvalue weighted by molar-refractivity contribution is 0.100. The van der Waals surface area contributed by atoms with Crippen molar-refractivity contribution < 1.29 is 17.6 Å². The third-order valence-corrected chi connectivity index (χ3v) is 3.80. The van der Waals surface area contributed by atoms with Gasteiger partial charge in [0.25, 0.3) is 5.91 Å². The second-order valence-electron chi connectivity index (χ2n) is 3.73. The normalized spacial score (nSPS) is 11.6. The van der Waals surface area contributed by atoms with E-state index < -0.39 is 15.9 Å². The monoisotopic (exact) mass is 268 g/mol. The van der Waals surface area contributed by atoms with E-state index in [2.05, 4.69) is 4.72 Å². The fourth-order valence-corrected chi connectivity index (χ4v) is 2.16. The summed E-state index contributed by atoms with van der Waals surface area (Å²) in [5, 5.41) is 0.557. The van der Waals surface area contributed by atoms with Crippen LogP contribution >= 0.6 is 0 Å². The molecule has 96 valence electrons. The molecule has 2 aromatic rings.